The predicted octanol–water partition coefficient (Wildman–Crippen LogP) is 3.34. The topological polar surface area (TPSA) is 70.1 Å². The Kier molecular flexibility index (Phi) is 6.50. The molecule has 1 aromatic carbocycles. The van der Waals surface area contributed by atoms with Gasteiger partial charge >= 0.3 is 0 Å². The molecular formula is C23H25FN2O4S. The summed E-state index contributed by atoms with van der Waals surface area (Å²) in [6, 6.07) is 6.56. The number of aryl methyl sites for hydroxylation is 1. The highest BCUT2D eigenvalue weighted by Gasteiger charge is 2.46. The number of hydrogen-bond donors (Lipinski definition) is 1. The first-order valence-corrected chi connectivity index (χ1v) is 11.2. The number of ketones is 1. The minimum Gasteiger partial charge on any atom is -0.507 e. The molecule has 2 aliphatic rings. The molecule has 3 heterocycles. The number of rotatable bonds is 6. The van der Waals surface area contributed by atoms with Crippen molar-refractivity contribution in [2.45, 2.75) is 19.4 Å². The maximum atomic E-state index is 13.3. The number of ether oxygens (including phenoxy) is 1. The Hall–Kier alpha value is -2.55. The lowest BCUT2D eigenvalue weighted by molar-refractivity contribution is -0.140. The highest BCUT2D eigenvalue weighted by Crippen LogP contribution is 2.42. The van der Waals surface area contributed by atoms with Gasteiger partial charge in [0, 0.05) is 36.6 Å². The highest BCUT2D eigenvalue weighted by molar-refractivity contribution is 7.10. The molecule has 0 spiro atoms. The molecule has 2 fully saturated rings. The van der Waals surface area contributed by atoms with Crippen molar-refractivity contribution in [1.29, 1.82) is 0 Å². The molecule has 4 rings (SSSR count). The number of thiophene rings is 1. The number of aliphatic hydroxyl groups excluding tert-OH is 1. The Labute approximate surface area is 184 Å². The van der Waals surface area contributed by atoms with E-state index in [0.717, 1.165) is 30.1 Å². The van der Waals surface area contributed by atoms with E-state index in [0.29, 0.717) is 31.7 Å². The monoisotopic (exact) mass is 444 g/mol. The van der Waals surface area contributed by atoms with Crippen molar-refractivity contribution >= 4 is 28.8 Å². The largest absolute Gasteiger partial charge is 0.507 e. The maximum absolute atomic E-state index is 13.3. The minimum absolute atomic E-state index is 0.0635. The Balaban J connectivity index is 1.65. The molecule has 0 bridgehead atoms. The zero-order valence-corrected chi connectivity index (χ0v) is 18.2. The van der Waals surface area contributed by atoms with E-state index in [9.17, 15) is 19.1 Å². The van der Waals surface area contributed by atoms with Gasteiger partial charge in [0.25, 0.3) is 11.7 Å². The van der Waals surface area contributed by atoms with Crippen LogP contribution in [0.1, 0.15) is 28.5 Å². The van der Waals surface area contributed by atoms with E-state index in [1.165, 1.54) is 35.6 Å². The molecule has 1 atom stereocenters. The molecule has 1 amide bonds. The van der Waals surface area contributed by atoms with E-state index in [1.54, 1.807) is 4.90 Å². The first kappa shape index (κ1) is 21.7. The lowest BCUT2D eigenvalue weighted by atomic mass is 9.98. The average molecular weight is 445 g/mol. The Morgan fingerprint density at radius 2 is 1.87 bits per heavy atom. The van der Waals surface area contributed by atoms with Gasteiger partial charge in [0.15, 0.2) is 0 Å². The third-order valence-electron chi connectivity index (χ3n) is 5.78. The lowest BCUT2D eigenvalue weighted by Gasteiger charge is -2.29. The Bertz CT molecular complexity index is 995. The van der Waals surface area contributed by atoms with E-state index in [1.807, 2.05) is 18.4 Å². The number of morpholine rings is 1. The molecule has 31 heavy (non-hydrogen) atoms. The summed E-state index contributed by atoms with van der Waals surface area (Å²) in [5, 5.41) is 12.9. The number of benzene rings is 1. The van der Waals surface area contributed by atoms with E-state index in [4.69, 9.17) is 4.74 Å². The third-order valence-corrected chi connectivity index (χ3v) is 6.86. The summed E-state index contributed by atoms with van der Waals surface area (Å²) >= 11 is 1.46. The normalized spacial score (nSPS) is 21.7. The van der Waals surface area contributed by atoms with Gasteiger partial charge in [-0.3, -0.25) is 14.5 Å². The van der Waals surface area contributed by atoms with Crippen molar-refractivity contribution in [3.05, 3.63) is 63.1 Å². The number of carbonyl (C=O) groups is 2. The van der Waals surface area contributed by atoms with Gasteiger partial charge in [0.1, 0.15) is 11.6 Å². The van der Waals surface area contributed by atoms with E-state index in [2.05, 4.69) is 4.90 Å². The average Bonchev–Trinajstić information content (AvgIpc) is 3.30. The highest BCUT2D eigenvalue weighted by atomic mass is 32.1. The molecule has 0 saturated carbocycles. The van der Waals surface area contributed by atoms with Crippen LogP contribution >= 0.6 is 11.3 Å². The van der Waals surface area contributed by atoms with Gasteiger partial charge in [0.05, 0.1) is 24.8 Å². The molecule has 0 unspecified atom stereocenters. The Morgan fingerprint density at radius 1 is 1.16 bits per heavy atom. The third kappa shape index (κ3) is 4.42. The van der Waals surface area contributed by atoms with Gasteiger partial charge in [-0.2, -0.15) is 0 Å². The van der Waals surface area contributed by atoms with Gasteiger partial charge < -0.3 is 14.7 Å². The van der Waals surface area contributed by atoms with Crippen LogP contribution < -0.4 is 0 Å². The summed E-state index contributed by atoms with van der Waals surface area (Å²) in [5.74, 6) is -2.02. The van der Waals surface area contributed by atoms with E-state index >= 15 is 0 Å². The molecule has 2 aromatic rings. The number of aliphatic hydroxyl groups is 1. The van der Waals surface area contributed by atoms with Gasteiger partial charge in [-0.05, 0) is 54.6 Å². The van der Waals surface area contributed by atoms with E-state index in [-0.39, 0.29) is 11.3 Å². The van der Waals surface area contributed by atoms with Crippen LogP contribution in [0.15, 0.2) is 41.3 Å². The summed E-state index contributed by atoms with van der Waals surface area (Å²) in [4.78, 5) is 30.6. The Morgan fingerprint density at radius 3 is 2.52 bits per heavy atom. The zero-order chi connectivity index (χ0) is 22.0. The number of carbonyl (C=O) groups excluding carboxylic acids is 2. The first-order chi connectivity index (χ1) is 15.0. The first-order valence-electron chi connectivity index (χ1n) is 10.4. The fraction of sp³-hybridized carbons (Fsp3) is 0.391. The van der Waals surface area contributed by atoms with Crippen LogP contribution in [0.2, 0.25) is 0 Å². The van der Waals surface area contributed by atoms with Crippen LogP contribution in [0, 0.1) is 12.7 Å². The van der Waals surface area contributed by atoms with Crippen molar-refractivity contribution in [2.75, 3.05) is 39.4 Å². The predicted molar refractivity (Wildman–Crippen MR) is 116 cm³/mol. The molecule has 0 aliphatic carbocycles. The fourth-order valence-electron chi connectivity index (χ4n) is 4.10. The van der Waals surface area contributed by atoms with Crippen molar-refractivity contribution in [2.24, 2.45) is 0 Å². The molecule has 8 heteroatoms. The molecular weight excluding hydrogens is 419 g/mol. The summed E-state index contributed by atoms with van der Waals surface area (Å²) in [6.45, 7) is 6.27. The maximum Gasteiger partial charge on any atom is 0.295 e. The SMILES string of the molecule is Cc1ccsc1[C@H]1C(=C(O)c2ccc(F)cc2)C(=O)C(=O)N1CCCN1CCOCC1. The van der Waals surface area contributed by atoms with Crippen molar-refractivity contribution in [3.8, 4) is 0 Å². The van der Waals surface area contributed by atoms with Gasteiger partial charge in [-0.1, -0.05) is 0 Å². The molecule has 2 saturated heterocycles. The molecule has 1 aromatic heterocycles. The van der Waals surface area contributed by atoms with Gasteiger partial charge in [0.2, 0.25) is 0 Å². The van der Waals surface area contributed by atoms with Crippen LogP contribution in [-0.4, -0.2) is 66.0 Å². The van der Waals surface area contributed by atoms with Gasteiger partial charge in [-0.15, -0.1) is 11.3 Å². The lowest BCUT2D eigenvalue weighted by Crippen LogP contribution is -2.38. The molecule has 164 valence electrons. The minimum atomic E-state index is -0.703. The van der Waals surface area contributed by atoms with E-state index < -0.39 is 23.5 Å². The summed E-state index contributed by atoms with van der Waals surface area (Å²) in [6.07, 6.45) is 0.713. The van der Waals surface area contributed by atoms with Crippen molar-refractivity contribution in [3.63, 3.8) is 0 Å². The number of Topliss-reactive ketones (excluding diaryl/α,β-unsaturated/α-hetero) is 1. The second kappa shape index (κ2) is 9.30. The van der Waals surface area contributed by atoms with Crippen LogP contribution in [-0.2, 0) is 14.3 Å². The van der Waals surface area contributed by atoms with Crippen LogP contribution in [0.4, 0.5) is 4.39 Å². The van der Waals surface area contributed by atoms with Crippen molar-refractivity contribution in [1.82, 2.24) is 9.80 Å². The second-order valence-corrected chi connectivity index (χ2v) is 8.72. The van der Waals surface area contributed by atoms with Crippen molar-refractivity contribution < 1.29 is 23.8 Å². The summed E-state index contributed by atoms with van der Waals surface area (Å²) < 4.78 is 18.7. The number of hydrogen-bond acceptors (Lipinski definition) is 6. The number of nitrogens with zero attached hydrogens (tertiary/aromatic N) is 2. The number of halogens is 1. The quantitative estimate of drug-likeness (QED) is 0.420. The molecule has 0 radical (unpaired) electrons. The number of likely N-dealkylation sites (tertiary alicyclic amines) is 1. The van der Waals surface area contributed by atoms with Crippen LogP contribution in [0.3, 0.4) is 0 Å². The summed E-state index contributed by atoms with van der Waals surface area (Å²) in [5.41, 5.74) is 1.33. The summed E-state index contributed by atoms with van der Waals surface area (Å²) in [7, 11) is 0. The van der Waals surface area contributed by atoms with Crippen LogP contribution in [0.25, 0.3) is 5.76 Å². The standard InChI is InChI=1S/C23H25FN2O4S/c1-15-7-14-31-22(15)19-18(20(27)16-3-5-17(24)6-4-16)21(28)23(29)26(19)9-2-8-25-10-12-30-13-11-25/h3-7,14,19,27H,2,8-13H2,1H3/t19-/m1/s1. The van der Waals surface area contributed by atoms with Crippen LogP contribution in [0.5, 0.6) is 0 Å². The molecule has 2 aliphatic heterocycles. The molecule has 6 nitrogen and oxygen atoms in total. The van der Waals surface area contributed by atoms with Gasteiger partial charge in [-0.25, -0.2) is 4.39 Å². The zero-order valence-electron chi connectivity index (χ0n) is 17.3. The fourth-order valence-corrected chi connectivity index (χ4v) is 5.15. The number of amides is 1. The smallest absolute Gasteiger partial charge is 0.295 e. The molecule has 1 N–H and O–H groups in total. The second-order valence-electron chi connectivity index (χ2n) is 7.77.